The Kier molecular flexibility index (Phi) is 4.36. The molecule has 2 amide bonds. The first kappa shape index (κ1) is 13.6. The van der Waals surface area contributed by atoms with Gasteiger partial charge in [0.15, 0.2) is 0 Å². The van der Waals surface area contributed by atoms with Crippen LogP contribution in [0.5, 0.6) is 0 Å². The lowest BCUT2D eigenvalue weighted by molar-refractivity contribution is -0.138. The van der Waals surface area contributed by atoms with Crippen LogP contribution in [-0.2, 0) is 9.59 Å². The predicted octanol–water partition coefficient (Wildman–Crippen LogP) is 0.728. The zero-order valence-electron chi connectivity index (χ0n) is 9.27. The molecule has 1 aromatic carbocycles. The molecule has 0 fully saturated rings. The first-order chi connectivity index (χ1) is 8.41. The first-order valence-electron chi connectivity index (χ1n) is 5.01. The number of halogens is 1. The van der Waals surface area contributed by atoms with E-state index in [1.807, 2.05) is 0 Å². The number of carboxylic acid groups (broad SMARTS) is 1. The quantitative estimate of drug-likeness (QED) is 0.719. The molecule has 4 N–H and O–H groups in total. The van der Waals surface area contributed by atoms with Crippen LogP contribution in [0.4, 0.5) is 10.1 Å². The maximum absolute atomic E-state index is 13.4. The molecule has 6 nitrogen and oxygen atoms in total. The van der Waals surface area contributed by atoms with Crippen molar-refractivity contribution in [2.45, 2.75) is 12.8 Å². The summed E-state index contributed by atoms with van der Waals surface area (Å²) in [6.07, 6.45) is -0.700. The van der Waals surface area contributed by atoms with Crippen molar-refractivity contribution in [3.05, 3.63) is 29.6 Å². The zero-order valence-corrected chi connectivity index (χ0v) is 9.27. The van der Waals surface area contributed by atoms with E-state index in [-0.39, 0.29) is 24.1 Å². The van der Waals surface area contributed by atoms with E-state index < -0.39 is 23.6 Å². The van der Waals surface area contributed by atoms with E-state index in [0.29, 0.717) is 0 Å². The lowest BCUT2D eigenvalue weighted by atomic mass is 10.1. The standard InChI is InChI=1S/C11H11FN2O4/c12-7-3-1-2-6(11(13)18)10(7)14-8(15)4-5-9(16)17/h1-3H,4-5H2,(H2,13,18)(H,14,15)(H,16,17). The fourth-order valence-corrected chi connectivity index (χ4v) is 1.28. The summed E-state index contributed by atoms with van der Waals surface area (Å²) in [5.41, 5.74) is 4.53. The molecule has 0 aliphatic rings. The molecule has 0 aromatic heterocycles. The Hall–Kier alpha value is -2.44. The number of hydrogen-bond acceptors (Lipinski definition) is 3. The number of anilines is 1. The fourth-order valence-electron chi connectivity index (χ4n) is 1.28. The number of nitrogens with two attached hydrogens (primary N) is 1. The monoisotopic (exact) mass is 254 g/mol. The third kappa shape index (κ3) is 3.55. The Labute approximate surface area is 102 Å². The van der Waals surface area contributed by atoms with Gasteiger partial charge in [-0.15, -0.1) is 0 Å². The van der Waals surface area contributed by atoms with Crippen LogP contribution in [0.3, 0.4) is 0 Å². The number of nitrogens with one attached hydrogen (secondary N) is 1. The van der Waals surface area contributed by atoms with Crippen LogP contribution in [0.25, 0.3) is 0 Å². The van der Waals surface area contributed by atoms with E-state index in [4.69, 9.17) is 10.8 Å². The molecule has 0 saturated heterocycles. The number of aliphatic carboxylic acids is 1. The molecular weight excluding hydrogens is 243 g/mol. The molecule has 0 atom stereocenters. The number of rotatable bonds is 5. The SMILES string of the molecule is NC(=O)c1cccc(F)c1NC(=O)CCC(=O)O. The molecule has 0 unspecified atom stereocenters. The topological polar surface area (TPSA) is 109 Å². The minimum Gasteiger partial charge on any atom is -0.481 e. The zero-order chi connectivity index (χ0) is 13.7. The highest BCUT2D eigenvalue weighted by Gasteiger charge is 2.15. The molecule has 96 valence electrons. The second kappa shape index (κ2) is 5.76. The number of para-hydroxylation sites is 1. The van der Waals surface area contributed by atoms with E-state index in [1.165, 1.54) is 12.1 Å². The van der Waals surface area contributed by atoms with E-state index in [1.54, 1.807) is 0 Å². The Morgan fingerprint density at radius 3 is 2.50 bits per heavy atom. The highest BCUT2D eigenvalue weighted by Crippen LogP contribution is 2.19. The van der Waals surface area contributed by atoms with Gasteiger partial charge in [0.2, 0.25) is 5.91 Å². The highest BCUT2D eigenvalue weighted by atomic mass is 19.1. The van der Waals surface area contributed by atoms with Gasteiger partial charge in [-0.2, -0.15) is 0 Å². The molecule has 0 aliphatic carbocycles. The number of carbonyl (C=O) groups excluding carboxylic acids is 2. The van der Waals surface area contributed by atoms with Crippen LogP contribution >= 0.6 is 0 Å². The molecule has 1 aromatic rings. The minimum absolute atomic E-state index is 0.168. The number of carboxylic acids is 1. The summed E-state index contributed by atoms with van der Waals surface area (Å²) in [5.74, 6) is -3.54. The van der Waals surface area contributed by atoms with E-state index in [2.05, 4.69) is 5.32 Å². The summed E-state index contributed by atoms with van der Waals surface area (Å²) in [5, 5.41) is 10.5. The third-order valence-electron chi connectivity index (χ3n) is 2.11. The van der Waals surface area contributed by atoms with Crippen LogP contribution in [0.2, 0.25) is 0 Å². The molecule has 0 heterocycles. The Bertz CT molecular complexity index is 502. The molecule has 0 spiro atoms. The molecule has 7 heteroatoms. The van der Waals surface area contributed by atoms with Crippen molar-refractivity contribution in [3.8, 4) is 0 Å². The normalized spacial score (nSPS) is 9.83. The predicted molar refractivity (Wildman–Crippen MR) is 60.4 cm³/mol. The van der Waals surface area contributed by atoms with Crippen molar-refractivity contribution in [3.63, 3.8) is 0 Å². The van der Waals surface area contributed by atoms with Crippen molar-refractivity contribution < 1.29 is 23.9 Å². The van der Waals surface area contributed by atoms with Crippen molar-refractivity contribution >= 4 is 23.5 Å². The van der Waals surface area contributed by atoms with Gasteiger partial charge >= 0.3 is 5.97 Å². The summed E-state index contributed by atoms with van der Waals surface area (Å²) < 4.78 is 13.4. The highest BCUT2D eigenvalue weighted by molar-refractivity contribution is 6.03. The number of amides is 2. The van der Waals surface area contributed by atoms with Gasteiger partial charge in [0.05, 0.1) is 17.7 Å². The minimum atomic E-state index is -1.14. The molecule has 18 heavy (non-hydrogen) atoms. The van der Waals surface area contributed by atoms with Crippen LogP contribution in [0.15, 0.2) is 18.2 Å². The van der Waals surface area contributed by atoms with Crippen LogP contribution in [-0.4, -0.2) is 22.9 Å². The molecule has 1 rings (SSSR count). The van der Waals surface area contributed by atoms with Gasteiger partial charge in [0.1, 0.15) is 5.82 Å². The van der Waals surface area contributed by atoms with Gasteiger partial charge in [-0.3, -0.25) is 14.4 Å². The number of benzene rings is 1. The summed E-state index contributed by atoms with van der Waals surface area (Å²) in [6, 6.07) is 3.60. The van der Waals surface area contributed by atoms with E-state index in [9.17, 15) is 18.8 Å². The number of carbonyl (C=O) groups is 3. The van der Waals surface area contributed by atoms with Gasteiger partial charge in [0.25, 0.3) is 5.91 Å². The Morgan fingerprint density at radius 1 is 1.28 bits per heavy atom. The fraction of sp³-hybridized carbons (Fsp3) is 0.182. The summed E-state index contributed by atoms with van der Waals surface area (Å²) >= 11 is 0. The van der Waals surface area contributed by atoms with Gasteiger partial charge in [0, 0.05) is 6.42 Å². The molecule has 0 bridgehead atoms. The molecule has 0 aliphatic heterocycles. The summed E-state index contributed by atoms with van der Waals surface area (Å²) in [4.78, 5) is 32.7. The van der Waals surface area contributed by atoms with Gasteiger partial charge in [-0.1, -0.05) is 6.07 Å². The van der Waals surface area contributed by atoms with E-state index >= 15 is 0 Å². The summed E-state index contributed by atoms with van der Waals surface area (Å²) in [6.45, 7) is 0. The average Bonchev–Trinajstić information content (AvgIpc) is 2.28. The first-order valence-corrected chi connectivity index (χ1v) is 5.01. The second-order valence-electron chi connectivity index (χ2n) is 3.47. The average molecular weight is 254 g/mol. The maximum Gasteiger partial charge on any atom is 0.303 e. The second-order valence-corrected chi connectivity index (χ2v) is 3.47. The van der Waals surface area contributed by atoms with Crippen molar-refractivity contribution in [1.29, 1.82) is 0 Å². The lowest BCUT2D eigenvalue weighted by Crippen LogP contribution is -2.19. The van der Waals surface area contributed by atoms with Crippen LogP contribution in [0.1, 0.15) is 23.2 Å². The third-order valence-corrected chi connectivity index (χ3v) is 2.11. The maximum atomic E-state index is 13.4. The van der Waals surface area contributed by atoms with E-state index in [0.717, 1.165) is 6.07 Å². The summed E-state index contributed by atoms with van der Waals surface area (Å²) in [7, 11) is 0. The smallest absolute Gasteiger partial charge is 0.303 e. The van der Waals surface area contributed by atoms with Crippen LogP contribution in [0, 0.1) is 5.82 Å². The van der Waals surface area contributed by atoms with Crippen LogP contribution < -0.4 is 11.1 Å². The Morgan fingerprint density at radius 2 is 1.94 bits per heavy atom. The van der Waals surface area contributed by atoms with Gasteiger partial charge in [-0.05, 0) is 12.1 Å². The Balaban J connectivity index is 2.86. The molecule has 0 radical (unpaired) electrons. The van der Waals surface area contributed by atoms with Gasteiger partial charge in [-0.25, -0.2) is 4.39 Å². The molecular formula is C11H11FN2O4. The number of hydrogen-bond donors (Lipinski definition) is 3. The van der Waals surface area contributed by atoms with Crippen molar-refractivity contribution in [2.24, 2.45) is 5.73 Å². The lowest BCUT2D eigenvalue weighted by Gasteiger charge is -2.09. The van der Waals surface area contributed by atoms with Gasteiger partial charge < -0.3 is 16.2 Å². The van der Waals surface area contributed by atoms with Crippen molar-refractivity contribution in [2.75, 3.05) is 5.32 Å². The number of primary amides is 1. The largest absolute Gasteiger partial charge is 0.481 e. The van der Waals surface area contributed by atoms with Crippen molar-refractivity contribution in [1.82, 2.24) is 0 Å². The molecule has 0 saturated carbocycles.